The molecule has 1 aliphatic carbocycles. The Balaban J connectivity index is 1.78. The zero-order valence-corrected chi connectivity index (χ0v) is 12.9. The minimum Gasteiger partial charge on any atom is -0.298 e. The third kappa shape index (κ3) is 4.68. The highest BCUT2D eigenvalue weighted by atomic mass is 32.2. The first-order valence-electron chi connectivity index (χ1n) is 7.34. The highest BCUT2D eigenvalue weighted by molar-refractivity contribution is 8.00. The van der Waals surface area contributed by atoms with Crippen LogP contribution >= 0.6 is 11.8 Å². The van der Waals surface area contributed by atoms with Crippen LogP contribution in [0, 0.1) is 13.8 Å². The molecule has 1 aliphatic rings. The summed E-state index contributed by atoms with van der Waals surface area (Å²) in [6.07, 6.45) is 7.30. The smallest absolute Gasteiger partial charge is 0.147 e. The zero-order chi connectivity index (χ0) is 13.7. The monoisotopic (exact) mass is 276 g/mol. The van der Waals surface area contributed by atoms with Crippen LogP contribution in [0.5, 0.6) is 0 Å². The molecule has 0 bridgehead atoms. The quantitative estimate of drug-likeness (QED) is 0.788. The van der Waals surface area contributed by atoms with E-state index in [2.05, 4.69) is 32.0 Å². The van der Waals surface area contributed by atoms with E-state index in [9.17, 15) is 4.79 Å². The molecule has 0 atom stereocenters. The van der Waals surface area contributed by atoms with Crippen molar-refractivity contribution in [2.24, 2.45) is 0 Å². The SMILES string of the molecule is Cc1ccc(CC(=O)CSC2CCCCC2)cc1C. The van der Waals surface area contributed by atoms with Gasteiger partial charge in [0.1, 0.15) is 5.78 Å². The first-order valence-corrected chi connectivity index (χ1v) is 8.39. The van der Waals surface area contributed by atoms with Crippen molar-refractivity contribution in [1.82, 2.24) is 0 Å². The Bertz CT molecular complexity index is 433. The van der Waals surface area contributed by atoms with Gasteiger partial charge in [0.25, 0.3) is 0 Å². The molecule has 2 rings (SSSR count). The molecular weight excluding hydrogens is 252 g/mol. The minimum absolute atomic E-state index is 0.374. The lowest BCUT2D eigenvalue weighted by atomic mass is 10.0. The van der Waals surface area contributed by atoms with Crippen LogP contribution in [0.2, 0.25) is 0 Å². The third-order valence-electron chi connectivity index (χ3n) is 4.00. The summed E-state index contributed by atoms with van der Waals surface area (Å²) >= 11 is 1.88. The first-order chi connectivity index (χ1) is 9.15. The molecule has 104 valence electrons. The Morgan fingerprint density at radius 1 is 1.16 bits per heavy atom. The van der Waals surface area contributed by atoms with Crippen molar-refractivity contribution in [3.8, 4) is 0 Å². The third-order valence-corrected chi connectivity index (χ3v) is 5.44. The summed E-state index contributed by atoms with van der Waals surface area (Å²) in [6.45, 7) is 4.22. The largest absolute Gasteiger partial charge is 0.298 e. The molecule has 1 fully saturated rings. The second kappa shape index (κ2) is 7.14. The highest BCUT2D eigenvalue weighted by Crippen LogP contribution is 2.28. The summed E-state index contributed by atoms with van der Waals surface area (Å²) in [6, 6.07) is 6.36. The molecule has 1 saturated carbocycles. The Hall–Kier alpha value is -0.760. The van der Waals surface area contributed by atoms with Crippen molar-refractivity contribution < 1.29 is 4.79 Å². The summed E-state index contributed by atoms with van der Waals surface area (Å²) in [5, 5.41) is 0.734. The van der Waals surface area contributed by atoms with E-state index in [0.717, 1.165) is 10.8 Å². The topological polar surface area (TPSA) is 17.1 Å². The van der Waals surface area contributed by atoms with Gasteiger partial charge >= 0.3 is 0 Å². The lowest BCUT2D eigenvalue weighted by Gasteiger charge is -2.20. The number of aryl methyl sites for hydroxylation is 2. The van der Waals surface area contributed by atoms with Gasteiger partial charge in [-0.05, 0) is 43.4 Å². The maximum absolute atomic E-state index is 12.0. The van der Waals surface area contributed by atoms with Crippen molar-refractivity contribution in [1.29, 1.82) is 0 Å². The maximum Gasteiger partial charge on any atom is 0.147 e. The Morgan fingerprint density at radius 2 is 1.89 bits per heavy atom. The van der Waals surface area contributed by atoms with Crippen LogP contribution in [-0.2, 0) is 11.2 Å². The predicted octanol–water partition coefficient (Wildman–Crippen LogP) is 4.48. The summed E-state index contributed by atoms with van der Waals surface area (Å²) in [4.78, 5) is 12.0. The normalized spacial score (nSPS) is 16.5. The Kier molecular flexibility index (Phi) is 5.50. The molecule has 1 aromatic rings. The van der Waals surface area contributed by atoms with Crippen molar-refractivity contribution in [2.75, 3.05) is 5.75 Å². The van der Waals surface area contributed by atoms with Crippen LogP contribution in [0.15, 0.2) is 18.2 Å². The molecular formula is C17H24OS. The van der Waals surface area contributed by atoms with E-state index in [1.807, 2.05) is 11.8 Å². The molecule has 0 spiro atoms. The van der Waals surface area contributed by atoms with Gasteiger partial charge in [0.15, 0.2) is 0 Å². The lowest BCUT2D eigenvalue weighted by Crippen LogP contribution is -2.13. The second-order valence-corrected chi connectivity index (χ2v) is 6.99. The molecule has 0 heterocycles. The fraction of sp³-hybridized carbons (Fsp3) is 0.588. The maximum atomic E-state index is 12.0. The van der Waals surface area contributed by atoms with Crippen LogP contribution in [0.1, 0.15) is 48.8 Å². The molecule has 19 heavy (non-hydrogen) atoms. The molecule has 0 N–H and O–H groups in total. The first kappa shape index (κ1) is 14.6. The molecule has 0 aliphatic heterocycles. The molecule has 0 unspecified atom stereocenters. The number of carbonyl (C=O) groups excluding carboxylic acids is 1. The van der Waals surface area contributed by atoms with Gasteiger partial charge in [-0.3, -0.25) is 4.79 Å². The van der Waals surface area contributed by atoms with Gasteiger partial charge in [0.05, 0.1) is 5.75 Å². The van der Waals surface area contributed by atoms with Gasteiger partial charge in [0.2, 0.25) is 0 Å². The average molecular weight is 276 g/mol. The van der Waals surface area contributed by atoms with Gasteiger partial charge in [-0.25, -0.2) is 0 Å². The Morgan fingerprint density at radius 3 is 2.58 bits per heavy atom. The number of Topliss-reactive ketones (excluding diaryl/α,β-unsaturated/α-hetero) is 1. The van der Waals surface area contributed by atoms with E-state index in [-0.39, 0.29) is 0 Å². The minimum atomic E-state index is 0.374. The predicted molar refractivity (Wildman–Crippen MR) is 84.0 cm³/mol. The molecule has 1 aromatic carbocycles. The molecule has 0 aromatic heterocycles. The number of carbonyl (C=O) groups is 1. The number of hydrogen-bond acceptors (Lipinski definition) is 2. The highest BCUT2D eigenvalue weighted by Gasteiger charge is 2.15. The summed E-state index contributed by atoms with van der Waals surface area (Å²) in [5.41, 5.74) is 3.75. The number of rotatable bonds is 5. The van der Waals surface area contributed by atoms with E-state index in [1.54, 1.807) is 0 Å². The van der Waals surface area contributed by atoms with Crippen LogP contribution in [0.3, 0.4) is 0 Å². The Labute approximate surface area is 121 Å². The van der Waals surface area contributed by atoms with Crippen molar-refractivity contribution in [3.63, 3.8) is 0 Å². The van der Waals surface area contributed by atoms with Gasteiger partial charge in [-0.15, -0.1) is 0 Å². The van der Waals surface area contributed by atoms with Gasteiger partial charge in [-0.2, -0.15) is 11.8 Å². The number of benzene rings is 1. The second-order valence-electron chi connectivity index (χ2n) is 5.71. The fourth-order valence-corrected chi connectivity index (χ4v) is 3.83. The van der Waals surface area contributed by atoms with Crippen molar-refractivity contribution >= 4 is 17.5 Å². The molecule has 2 heteroatoms. The van der Waals surface area contributed by atoms with Crippen LogP contribution in [0.4, 0.5) is 0 Å². The molecule has 0 radical (unpaired) electrons. The lowest BCUT2D eigenvalue weighted by molar-refractivity contribution is -0.116. The number of hydrogen-bond donors (Lipinski definition) is 0. The molecule has 0 saturated heterocycles. The van der Waals surface area contributed by atoms with E-state index in [0.29, 0.717) is 18.0 Å². The van der Waals surface area contributed by atoms with Crippen molar-refractivity contribution in [2.45, 2.75) is 57.6 Å². The fourth-order valence-electron chi connectivity index (χ4n) is 2.63. The van der Waals surface area contributed by atoms with Crippen LogP contribution in [-0.4, -0.2) is 16.8 Å². The van der Waals surface area contributed by atoms with E-state index >= 15 is 0 Å². The van der Waals surface area contributed by atoms with Crippen LogP contribution in [0.25, 0.3) is 0 Å². The number of ketones is 1. The zero-order valence-electron chi connectivity index (χ0n) is 12.1. The van der Waals surface area contributed by atoms with E-state index in [1.165, 1.54) is 43.2 Å². The van der Waals surface area contributed by atoms with E-state index in [4.69, 9.17) is 0 Å². The number of thioether (sulfide) groups is 1. The standard InChI is InChI=1S/C17H24OS/c1-13-8-9-15(10-14(13)2)11-16(18)12-19-17-6-4-3-5-7-17/h8-10,17H,3-7,11-12H2,1-2H3. The average Bonchev–Trinajstić information content (AvgIpc) is 2.42. The molecule has 1 nitrogen and oxygen atoms in total. The van der Waals surface area contributed by atoms with Crippen molar-refractivity contribution in [3.05, 3.63) is 34.9 Å². The summed E-state index contributed by atoms with van der Waals surface area (Å²) in [5.74, 6) is 1.07. The molecule has 0 amide bonds. The summed E-state index contributed by atoms with van der Waals surface area (Å²) < 4.78 is 0. The van der Waals surface area contributed by atoms with Gasteiger partial charge < -0.3 is 0 Å². The van der Waals surface area contributed by atoms with Gasteiger partial charge in [0, 0.05) is 11.7 Å². The van der Waals surface area contributed by atoms with E-state index < -0.39 is 0 Å². The summed E-state index contributed by atoms with van der Waals surface area (Å²) in [7, 11) is 0. The van der Waals surface area contributed by atoms with Crippen LogP contribution < -0.4 is 0 Å². The van der Waals surface area contributed by atoms with Gasteiger partial charge in [-0.1, -0.05) is 37.5 Å².